The molecule has 0 unspecified atom stereocenters. The third-order valence-corrected chi connectivity index (χ3v) is 2.41. The molecule has 104 valence electrons. The van der Waals surface area contributed by atoms with Gasteiger partial charge in [-0.3, -0.25) is 0 Å². The number of nitrogens with one attached hydrogen (secondary N) is 1. The molecule has 0 aliphatic carbocycles. The largest absolute Gasteiger partial charge is 0.493 e. The lowest BCUT2D eigenvalue weighted by Crippen LogP contribution is -2.18. The SMILES string of the molecule is CCOc1ccc(CNCC(C)C)cc1OC.Cl. The molecule has 1 N–H and O–H groups in total. The van der Waals surface area contributed by atoms with E-state index >= 15 is 0 Å². The average Bonchev–Trinajstić information content (AvgIpc) is 2.30. The van der Waals surface area contributed by atoms with E-state index in [2.05, 4.69) is 25.2 Å². The maximum absolute atomic E-state index is 5.48. The zero-order chi connectivity index (χ0) is 12.7. The van der Waals surface area contributed by atoms with Crippen molar-refractivity contribution in [1.29, 1.82) is 0 Å². The summed E-state index contributed by atoms with van der Waals surface area (Å²) >= 11 is 0. The fraction of sp³-hybridized carbons (Fsp3) is 0.571. The van der Waals surface area contributed by atoms with Crippen molar-refractivity contribution in [2.24, 2.45) is 5.92 Å². The zero-order valence-electron chi connectivity index (χ0n) is 11.7. The van der Waals surface area contributed by atoms with Crippen molar-refractivity contribution in [2.75, 3.05) is 20.3 Å². The standard InChI is InChI=1S/C14H23NO2.ClH/c1-5-17-13-7-6-12(8-14(13)16-4)10-15-9-11(2)3;/h6-8,11,15H,5,9-10H2,1-4H3;1H. The number of benzene rings is 1. The molecule has 1 aromatic carbocycles. The Hall–Kier alpha value is -0.930. The van der Waals surface area contributed by atoms with Crippen LogP contribution in [0.3, 0.4) is 0 Å². The molecule has 0 radical (unpaired) electrons. The van der Waals surface area contributed by atoms with Gasteiger partial charge < -0.3 is 14.8 Å². The predicted molar refractivity (Wildman–Crippen MR) is 78.0 cm³/mol. The summed E-state index contributed by atoms with van der Waals surface area (Å²) in [5, 5.41) is 3.41. The molecule has 0 aromatic heterocycles. The van der Waals surface area contributed by atoms with Gasteiger partial charge in [-0.2, -0.15) is 0 Å². The molecular weight excluding hydrogens is 250 g/mol. The highest BCUT2D eigenvalue weighted by Crippen LogP contribution is 2.27. The smallest absolute Gasteiger partial charge is 0.161 e. The fourth-order valence-electron chi connectivity index (χ4n) is 1.60. The topological polar surface area (TPSA) is 30.5 Å². The first-order chi connectivity index (χ1) is 8.17. The highest BCUT2D eigenvalue weighted by molar-refractivity contribution is 5.85. The minimum Gasteiger partial charge on any atom is -0.493 e. The number of hydrogen-bond donors (Lipinski definition) is 1. The fourth-order valence-corrected chi connectivity index (χ4v) is 1.60. The number of methoxy groups -OCH3 is 1. The van der Waals surface area contributed by atoms with Crippen LogP contribution in [0.5, 0.6) is 11.5 Å². The second-order valence-corrected chi connectivity index (χ2v) is 4.44. The summed E-state index contributed by atoms with van der Waals surface area (Å²) in [6.07, 6.45) is 0. The van der Waals surface area contributed by atoms with E-state index in [-0.39, 0.29) is 12.4 Å². The van der Waals surface area contributed by atoms with E-state index in [0.29, 0.717) is 12.5 Å². The number of ether oxygens (including phenoxy) is 2. The molecule has 1 rings (SSSR count). The molecular formula is C14H24ClNO2. The van der Waals surface area contributed by atoms with Gasteiger partial charge in [-0.05, 0) is 37.1 Å². The van der Waals surface area contributed by atoms with Crippen molar-refractivity contribution < 1.29 is 9.47 Å². The van der Waals surface area contributed by atoms with Gasteiger partial charge in [0.2, 0.25) is 0 Å². The second kappa shape index (κ2) is 9.06. The summed E-state index contributed by atoms with van der Waals surface area (Å²) in [5.41, 5.74) is 1.21. The molecule has 0 saturated carbocycles. The monoisotopic (exact) mass is 273 g/mol. The summed E-state index contributed by atoms with van der Waals surface area (Å²) in [6, 6.07) is 6.06. The maximum Gasteiger partial charge on any atom is 0.161 e. The van der Waals surface area contributed by atoms with Gasteiger partial charge in [0.1, 0.15) is 0 Å². The van der Waals surface area contributed by atoms with Crippen LogP contribution in [0.25, 0.3) is 0 Å². The van der Waals surface area contributed by atoms with Gasteiger partial charge in [-0.15, -0.1) is 12.4 Å². The van der Waals surface area contributed by atoms with E-state index in [1.807, 2.05) is 19.1 Å². The van der Waals surface area contributed by atoms with E-state index in [1.54, 1.807) is 7.11 Å². The van der Waals surface area contributed by atoms with Crippen LogP contribution in [0.1, 0.15) is 26.3 Å². The average molecular weight is 274 g/mol. The Balaban J connectivity index is 0.00000289. The third kappa shape index (κ3) is 5.61. The molecule has 0 spiro atoms. The highest BCUT2D eigenvalue weighted by Gasteiger charge is 2.05. The minimum atomic E-state index is 0. The Morgan fingerprint density at radius 1 is 1.22 bits per heavy atom. The van der Waals surface area contributed by atoms with Crippen LogP contribution in [-0.4, -0.2) is 20.3 Å². The van der Waals surface area contributed by atoms with Gasteiger partial charge in [-0.1, -0.05) is 19.9 Å². The molecule has 1 aromatic rings. The molecule has 0 aliphatic heterocycles. The normalized spacial score (nSPS) is 10.1. The molecule has 0 heterocycles. The molecule has 0 bridgehead atoms. The van der Waals surface area contributed by atoms with Gasteiger partial charge in [0.15, 0.2) is 11.5 Å². The van der Waals surface area contributed by atoms with Crippen LogP contribution >= 0.6 is 12.4 Å². The molecule has 0 fully saturated rings. The first kappa shape index (κ1) is 17.1. The molecule has 18 heavy (non-hydrogen) atoms. The summed E-state index contributed by atoms with van der Waals surface area (Å²) in [7, 11) is 1.67. The number of halogens is 1. The third-order valence-electron chi connectivity index (χ3n) is 2.41. The summed E-state index contributed by atoms with van der Waals surface area (Å²) < 4.78 is 10.8. The van der Waals surface area contributed by atoms with E-state index in [4.69, 9.17) is 9.47 Å². The van der Waals surface area contributed by atoms with Crippen molar-refractivity contribution in [2.45, 2.75) is 27.3 Å². The zero-order valence-corrected chi connectivity index (χ0v) is 12.5. The molecule has 3 nitrogen and oxygen atoms in total. The van der Waals surface area contributed by atoms with E-state index in [9.17, 15) is 0 Å². The lowest BCUT2D eigenvalue weighted by molar-refractivity contribution is 0.310. The molecule has 0 aliphatic rings. The number of rotatable bonds is 7. The van der Waals surface area contributed by atoms with Crippen LogP contribution in [0, 0.1) is 5.92 Å². The minimum absolute atomic E-state index is 0. The van der Waals surface area contributed by atoms with Gasteiger partial charge in [0.05, 0.1) is 13.7 Å². The van der Waals surface area contributed by atoms with Crippen LogP contribution < -0.4 is 14.8 Å². The van der Waals surface area contributed by atoms with Gasteiger partial charge in [-0.25, -0.2) is 0 Å². The first-order valence-corrected chi connectivity index (χ1v) is 6.17. The predicted octanol–water partition coefficient (Wildman–Crippen LogP) is 3.26. The van der Waals surface area contributed by atoms with E-state index in [1.165, 1.54) is 5.56 Å². The summed E-state index contributed by atoms with van der Waals surface area (Å²) in [6.45, 7) is 8.91. The van der Waals surface area contributed by atoms with E-state index in [0.717, 1.165) is 24.6 Å². The molecule has 0 saturated heterocycles. The lowest BCUT2D eigenvalue weighted by atomic mass is 10.2. The van der Waals surface area contributed by atoms with Crippen molar-refractivity contribution in [3.8, 4) is 11.5 Å². The van der Waals surface area contributed by atoms with Crippen LogP contribution in [0.2, 0.25) is 0 Å². The summed E-state index contributed by atoms with van der Waals surface area (Å²) in [5.74, 6) is 2.28. The van der Waals surface area contributed by atoms with E-state index < -0.39 is 0 Å². The lowest BCUT2D eigenvalue weighted by Gasteiger charge is -2.12. The Morgan fingerprint density at radius 3 is 2.50 bits per heavy atom. The Kier molecular flexibility index (Phi) is 8.59. The number of hydrogen-bond acceptors (Lipinski definition) is 3. The van der Waals surface area contributed by atoms with Gasteiger partial charge in [0.25, 0.3) is 0 Å². The molecule has 0 amide bonds. The Morgan fingerprint density at radius 2 is 1.94 bits per heavy atom. The highest BCUT2D eigenvalue weighted by atomic mass is 35.5. The van der Waals surface area contributed by atoms with Crippen molar-refractivity contribution >= 4 is 12.4 Å². The van der Waals surface area contributed by atoms with Crippen LogP contribution in [0.4, 0.5) is 0 Å². The summed E-state index contributed by atoms with van der Waals surface area (Å²) in [4.78, 5) is 0. The Bertz CT molecular complexity index is 343. The quantitative estimate of drug-likeness (QED) is 0.827. The van der Waals surface area contributed by atoms with Gasteiger partial charge in [0, 0.05) is 6.54 Å². The van der Waals surface area contributed by atoms with Crippen molar-refractivity contribution in [1.82, 2.24) is 5.32 Å². The van der Waals surface area contributed by atoms with Gasteiger partial charge >= 0.3 is 0 Å². The first-order valence-electron chi connectivity index (χ1n) is 6.17. The molecule has 0 atom stereocenters. The van der Waals surface area contributed by atoms with Crippen molar-refractivity contribution in [3.05, 3.63) is 23.8 Å². The van der Waals surface area contributed by atoms with Crippen LogP contribution in [-0.2, 0) is 6.54 Å². The maximum atomic E-state index is 5.48. The second-order valence-electron chi connectivity index (χ2n) is 4.44. The molecule has 4 heteroatoms. The van der Waals surface area contributed by atoms with Crippen LogP contribution in [0.15, 0.2) is 18.2 Å². The van der Waals surface area contributed by atoms with Crippen molar-refractivity contribution in [3.63, 3.8) is 0 Å². The Labute approximate surface area is 116 Å².